The lowest BCUT2D eigenvalue weighted by atomic mass is 9.70. The molecule has 0 heterocycles. The molecule has 1 aliphatic carbocycles. The molecule has 2 N–H and O–H groups in total. The Hall–Kier alpha value is -1.96. The smallest absolute Gasteiger partial charge is 0.122 e. The van der Waals surface area contributed by atoms with E-state index in [1.54, 1.807) is 12.1 Å². The lowest BCUT2D eigenvalue weighted by Gasteiger charge is -2.34. The van der Waals surface area contributed by atoms with E-state index in [0.717, 1.165) is 5.56 Å². The molecule has 0 aliphatic heterocycles. The fraction of sp³-hybridized carbons (Fsp3) is 0.500. The number of rotatable bonds is 3. The zero-order chi connectivity index (χ0) is 19.1. The first-order chi connectivity index (χ1) is 12.2. The molecule has 1 aliphatic rings. The van der Waals surface area contributed by atoms with Crippen molar-refractivity contribution in [3.63, 3.8) is 0 Å². The van der Waals surface area contributed by atoms with E-state index in [1.165, 1.54) is 59.9 Å². The van der Waals surface area contributed by atoms with Crippen LogP contribution in [0.4, 0.5) is 0 Å². The molecule has 0 atom stereocenters. The van der Waals surface area contributed by atoms with Crippen LogP contribution < -0.4 is 0 Å². The molecule has 0 unspecified atom stereocenters. The summed E-state index contributed by atoms with van der Waals surface area (Å²) in [5.41, 5.74) is 6.92. The Labute approximate surface area is 157 Å². The minimum Gasteiger partial charge on any atom is -0.508 e. The fourth-order valence-electron chi connectivity index (χ4n) is 5.01. The Morgan fingerprint density at radius 2 is 1.38 bits per heavy atom. The number of aromatic hydroxyl groups is 2. The van der Waals surface area contributed by atoms with Crippen molar-refractivity contribution in [3.05, 3.63) is 57.6 Å². The van der Waals surface area contributed by atoms with E-state index in [2.05, 4.69) is 27.7 Å². The molecule has 0 amide bonds. The maximum absolute atomic E-state index is 11.0. The van der Waals surface area contributed by atoms with Crippen molar-refractivity contribution in [1.29, 1.82) is 0 Å². The van der Waals surface area contributed by atoms with Gasteiger partial charge in [0, 0.05) is 11.0 Å². The number of benzene rings is 2. The largest absolute Gasteiger partial charge is 0.508 e. The molecule has 0 spiro atoms. The van der Waals surface area contributed by atoms with Gasteiger partial charge in [-0.1, -0.05) is 45.2 Å². The first kappa shape index (κ1) is 18.8. The van der Waals surface area contributed by atoms with Crippen LogP contribution >= 0.6 is 0 Å². The number of hydrogen-bond acceptors (Lipinski definition) is 2. The molecule has 1 saturated carbocycles. The topological polar surface area (TPSA) is 40.5 Å². The SMILES string of the molecule is Cc1c(C)c(C(C)(C)c2ccc(O)cc2)c(C)c(C2CCCCC2)c1O. The third-order valence-corrected chi connectivity index (χ3v) is 6.55. The van der Waals surface area contributed by atoms with Crippen LogP contribution in [0, 0.1) is 20.8 Å². The van der Waals surface area contributed by atoms with Crippen LogP contribution in [-0.2, 0) is 5.41 Å². The predicted molar refractivity (Wildman–Crippen MR) is 108 cm³/mol. The second-order valence-electron chi connectivity index (χ2n) is 8.52. The summed E-state index contributed by atoms with van der Waals surface area (Å²) in [6.07, 6.45) is 6.18. The summed E-state index contributed by atoms with van der Waals surface area (Å²) in [7, 11) is 0. The van der Waals surface area contributed by atoms with Gasteiger partial charge in [0.1, 0.15) is 11.5 Å². The van der Waals surface area contributed by atoms with Crippen LogP contribution in [0.5, 0.6) is 11.5 Å². The molecule has 26 heavy (non-hydrogen) atoms. The first-order valence-corrected chi connectivity index (χ1v) is 9.87. The number of phenolic OH excluding ortho intramolecular Hbond substituents is 2. The Balaban J connectivity index is 2.20. The summed E-state index contributed by atoms with van der Waals surface area (Å²) in [6.45, 7) is 10.9. The average molecular weight is 353 g/mol. The Morgan fingerprint density at radius 3 is 1.96 bits per heavy atom. The molecule has 2 heteroatoms. The first-order valence-electron chi connectivity index (χ1n) is 9.87. The van der Waals surface area contributed by atoms with Crippen LogP contribution in [0.25, 0.3) is 0 Å². The van der Waals surface area contributed by atoms with Crippen LogP contribution in [0.2, 0.25) is 0 Å². The van der Waals surface area contributed by atoms with Crippen molar-refractivity contribution in [3.8, 4) is 11.5 Å². The highest BCUT2D eigenvalue weighted by molar-refractivity contribution is 5.59. The van der Waals surface area contributed by atoms with Crippen molar-refractivity contribution in [2.24, 2.45) is 0 Å². The quantitative estimate of drug-likeness (QED) is 0.671. The minimum atomic E-state index is -0.191. The summed E-state index contributed by atoms with van der Waals surface area (Å²) in [5.74, 6) is 1.28. The standard InChI is InChI=1S/C24H32O2/c1-15-16(2)23(26)21(18-9-7-6-8-10-18)17(3)22(15)24(4,5)19-11-13-20(25)14-12-19/h11-14,18,25-26H,6-10H2,1-5H3. The van der Waals surface area contributed by atoms with Crippen LogP contribution in [0.1, 0.15) is 85.3 Å². The maximum Gasteiger partial charge on any atom is 0.122 e. The summed E-state index contributed by atoms with van der Waals surface area (Å²) in [5, 5.41) is 20.6. The molecule has 0 aromatic heterocycles. The van der Waals surface area contributed by atoms with Gasteiger partial charge in [0.2, 0.25) is 0 Å². The van der Waals surface area contributed by atoms with E-state index in [1.807, 2.05) is 19.1 Å². The van der Waals surface area contributed by atoms with Crippen molar-refractivity contribution >= 4 is 0 Å². The third-order valence-electron chi connectivity index (χ3n) is 6.55. The zero-order valence-electron chi connectivity index (χ0n) is 16.8. The van der Waals surface area contributed by atoms with Gasteiger partial charge in [0.15, 0.2) is 0 Å². The molecule has 2 aromatic carbocycles. The molecule has 1 fully saturated rings. The van der Waals surface area contributed by atoms with Gasteiger partial charge in [0.25, 0.3) is 0 Å². The Morgan fingerprint density at radius 1 is 0.808 bits per heavy atom. The van der Waals surface area contributed by atoms with Gasteiger partial charge in [-0.2, -0.15) is 0 Å². The Kier molecular flexibility index (Phi) is 5.05. The molecule has 3 rings (SSSR count). The Bertz CT molecular complexity index is 794. The van der Waals surface area contributed by atoms with E-state index in [9.17, 15) is 10.2 Å². The highest BCUT2D eigenvalue weighted by Gasteiger charge is 2.32. The lowest BCUT2D eigenvalue weighted by Crippen LogP contribution is -2.24. The van der Waals surface area contributed by atoms with E-state index in [4.69, 9.17) is 0 Å². The molecule has 0 bridgehead atoms. The summed E-state index contributed by atoms with van der Waals surface area (Å²) >= 11 is 0. The van der Waals surface area contributed by atoms with Gasteiger partial charge in [0.05, 0.1) is 0 Å². The maximum atomic E-state index is 11.0. The predicted octanol–water partition coefficient (Wildman–Crippen LogP) is 6.40. The summed E-state index contributed by atoms with van der Waals surface area (Å²) in [4.78, 5) is 0. The van der Waals surface area contributed by atoms with Crippen LogP contribution in [-0.4, -0.2) is 10.2 Å². The molecule has 0 radical (unpaired) electrons. The van der Waals surface area contributed by atoms with E-state index < -0.39 is 0 Å². The average Bonchev–Trinajstić information content (AvgIpc) is 2.61. The lowest BCUT2D eigenvalue weighted by molar-refractivity contribution is 0.409. The van der Waals surface area contributed by atoms with Gasteiger partial charge in [-0.15, -0.1) is 0 Å². The summed E-state index contributed by atoms with van der Waals surface area (Å²) < 4.78 is 0. The van der Waals surface area contributed by atoms with Crippen molar-refractivity contribution in [2.45, 2.75) is 78.1 Å². The second-order valence-corrected chi connectivity index (χ2v) is 8.52. The fourth-order valence-corrected chi connectivity index (χ4v) is 5.01. The molecule has 2 aromatic rings. The minimum absolute atomic E-state index is 0.191. The third kappa shape index (κ3) is 3.11. The van der Waals surface area contributed by atoms with Crippen molar-refractivity contribution in [2.75, 3.05) is 0 Å². The van der Waals surface area contributed by atoms with Crippen LogP contribution in [0.15, 0.2) is 24.3 Å². The van der Waals surface area contributed by atoms with Gasteiger partial charge >= 0.3 is 0 Å². The monoisotopic (exact) mass is 352 g/mol. The molecular formula is C24H32O2. The zero-order valence-corrected chi connectivity index (χ0v) is 16.8. The normalized spacial score (nSPS) is 16.0. The molecule has 0 saturated heterocycles. The number of phenols is 2. The molecule has 2 nitrogen and oxygen atoms in total. The van der Waals surface area contributed by atoms with Gasteiger partial charge in [-0.05, 0) is 79.5 Å². The van der Waals surface area contributed by atoms with Crippen molar-refractivity contribution in [1.82, 2.24) is 0 Å². The summed E-state index contributed by atoms with van der Waals surface area (Å²) in [6, 6.07) is 7.54. The van der Waals surface area contributed by atoms with Crippen molar-refractivity contribution < 1.29 is 10.2 Å². The van der Waals surface area contributed by atoms with Gasteiger partial charge in [-0.3, -0.25) is 0 Å². The van der Waals surface area contributed by atoms with E-state index in [0.29, 0.717) is 17.4 Å². The molecular weight excluding hydrogens is 320 g/mol. The van der Waals surface area contributed by atoms with Crippen LogP contribution in [0.3, 0.4) is 0 Å². The number of hydrogen-bond donors (Lipinski definition) is 2. The molecule has 140 valence electrons. The van der Waals surface area contributed by atoms with E-state index >= 15 is 0 Å². The second kappa shape index (κ2) is 6.98. The van der Waals surface area contributed by atoms with E-state index in [-0.39, 0.29) is 5.41 Å². The highest BCUT2D eigenvalue weighted by atomic mass is 16.3. The van der Waals surface area contributed by atoms with Gasteiger partial charge < -0.3 is 10.2 Å². The highest BCUT2D eigenvalue weighted by Crippen LogP contribution is 2.47. The van der Waals surface area contributed by atoms with Gasteiger partial charge in [-0.25, -0.2) is 0 Å².